The average Bonchev–Trinajstić information content (AvgIpc) is 2.36. The van der Waals surface area contributed by atoms with Gasteiger partial charge >= 0.3 is 17.9 Å². The maximum absolute atomic E-state index is 11.6. The molecule has 6 heteroatoms. The number of carbonyl (C=O) groups is 3. The van der Waals surface area contributed by atoms with E-state index in [0.717, 1.165) is 0 Å². The van der Waals surface area contributed by atoms with E-state index < -0.39 is 35.5 Å². The predicted octanol–water partition coefficient (Wildman–Crippen LogP) is 2.09. The molecular formula is C15H22O6. The fourth-order valence-electron chi connectivity index (χ4n) is 1.45. The van der Waals surface area contributed by atoms with Gasteiger partial charge in [0.1, 0.15) is 17.6 Å². The minimum atomic E-state index is -1.60. The molecule has 21 heavy (non-hydrogen) atoms. The second-order valence-electron chi connectivity index (χ2n) is 5.24. The molecule has 0 aliphatic carbocycles. The quantitative estimate of drug-likeness (QED) is 0.572. The Bertz CT molecular complexity index is 443. The largest absolute Gasteiger partial charge is 0.481 e. The van der Waals surface area contributed by atoms with Crippen molar-refractivity contribution in [3.8, 4) is 0 Å². The maximum atomic E-state index is 11.6. The van der Waals surface area contributed by atoms with Gasteiger partial charge in [0.2, 0.25) is 0 Å². The van der Waals surface area contributed by atoms with E-state index in [0.29, 0.717) is 0 Å². The zero-order valence-corrected chi connectivity index (χ0v) is 13.1. The molecule has 0 heterocycles. The van der Waals surface area contributed by atoms with Crippen molar-refractivity contribution in [3.05, 3.63) is 24.3 Å². The molecule has 2 atom stereocenters. The molecule has 118 valence electrons. The number of ether oxygens (including phenoxy) is 2. The highest BCUT2D eigenvalue weighted by Crippen LogP contribution is 2.32. The Labute approximate surface area is 124 Å². The zero-order chi connectivity index (χ0) is 17.0. The summed E-state index contributed by atoms with van der Waals surface area (Å²) in [6.07, 6.45) is -2.04. The Morgan fingerprint density at radius 2 is 1.24 bits per heavy atom. The summed E-state index contributed by atoms with van der Waals surface area (Å²) in [6, 6.07) is 0. The molecule has 0 saturated heterocycles. The van der Waals surface area contributed by atoms with Crippen molar-refractivity contribution < 1.29 is 29.0 Å². The van der Waals surface area contributed by atoms with Gasteiger partial charge in [-0.25, -0.2) is 9.59 Å². The summed E-state index contributed by atoms with van der Waals surface area (Å²) < 4.78 is 10.1. The fraction of sp³-hybridized carbons (Fsp3) is 0.533. The van der Waals surface area contributed by atoms with E-state index in [2.05, 4.69) is 13.2 Å². The number of carboxylic acid groups (broad SMARTS) is 1. The van der Waals surface area contributed by atoms with Gasteiger partial charge in [-0.15, -0.1) is 0 Å². The molecule has 0 bridgehead atoms. The molecule has 0 saturated carbocycles. The number of esters is 2. The van der Waals surface area contributed by atoms with Crippen LogP contribution in [0.4, 0.5) is 0 Å². The molecule has 0 aliphatic heterocycles. The lowest BCUT2D eigenvalue weighted by Crippen LogP contribution is -2.50. The van der Waals surface area contributed by atoms with Gasteiger partial charge < -0.3 is 14.6 Å². The summed E-state index contributed by atoms with van der Waals surface area (Å²) in [5, 5.41) is 9.45. The summed E-state index contributed by atoms with van der Waals surface area (Å²) in [4.78, 5) is 34.7. The van der Waals surface area contributed by atoms with E-state index in [1.54, 1.807) is 0 Å². The van der Waals surface area contributed by atoms with Gasteiger partial charge in [-0.3, -0.25) is 4.79 Å². The van der Waals surface area contributed by atoms with Crippen LogP contribution in [-0.4, -0.2) is 35.2 Å². The molecule has 0 aromatic rings. The Hall–Kier alpha value is -2.11. The summed E-state index contributed by atoms with van der Waals surface area (Å²) in [5.41, 5.74) is -1.29. The van der Waals surface area contributed by atoms with Crippen molar-refractivity contribution in [2.75, 3.05) is 0 Å². The highest BCUT2D eigenvalue weighted by Gasteiger charge is 2.48. The van der Waals surface area contributed by atoms with Crippen LogP contribution in [0.25, 0.3) is 0 Å². The lowest BCUT2D eigenvalue weighted by Gasteiger charge is -2.35. The van der Waals surface area contributed by atoms with Gasteiger partial charge in [-0.1, -0.05) is 13.2 Å². The first-order chi connectivity index (χ1) is 9.44. The number of rotatable bonds is 7. The van der Waals surface area contributed by atoms with Crippen LogP contribution in [-0.2, 0) is 23.9 Å². The lowest BCUT2D eigenvalue weighted by atomic mass is 9.79. The molecule has 0 fully saturated rings. The minimum Gasteiger partial charge on any atom is -0.481 e. The normalized spacial score (nSPS) is 16.0. The van der Waals surface area contributed by atoms with Gasteiger partial charge in [0, 0.05) is 11.1 Å². The lowest BCUT2D eigenvalue weighted by molar-refractivity contribution is -0.180. The summed E-state index contributed by atoms with van der Waals surface area (Å²) in [5.74, 6) is -2.65. The van der Waals surface area contributed by atoms with Crippen molar-refractivity contribution in [2.24, 2.45) is 5.41 Å². The molecule has 2 unspecified atom stereocenters. The van der Waals surface area contributed by atoms with E-state index in [-0.39, 0.29) is 11.1 Å². The van der Waals surface area contributed by atoms with Crippen molar-refractivity contribution in [1.82, 2.24) is 0 Å². The molecule has 0 radical (unpaired) electrons. The molecule has 1 N–H and O–H groups in total. The summed E-state index contributed by atoms with van der Waals surface area (Å²) in [6.45, 7) is 14.0. The van der Waals surface area contributed by atoms with Crippen LogP contribution in [0, 0.1) is 5.41 Å². The Morgan fingerprint density at radius 3 is 1.43 bits per heavy atom. The fourth-order valence-corrected chi connectivity index (χ4v) is 1.45. The van der Waals surface area contributed by atoms with E-state index in [4.69, 9.17) is 9.47 Å². The molecule has 0 aromatic heterocycles. The topological polar surface area (TPSA) is 89.9 Å². The van der Waals surface area contributed by atoms with Gasteiger partial charge in [0.25, 0.3) is 0 Å². The van der Waals surface area contributed by atoms with Crippen LogP contribution in [0.15, 0.2) is 24.3 Å². The molecule has 6 nitrogen and oxygen atoms in total. The van der Waals surface area contributed by atoms with Crippen molar-refractivity contribution in [1.29, 1.82) is 0 Å². The first-order valence-electron chi connectivity index (χ1n) is 6.40. The second kappa shape index (κ2) is 7.06. The van der Waals surface area contributed by atoms with Crippen LogP contribution < -0.4 is 0 Å². The van der Waals surface area contributed by atoms with Crippen molar-refractivity contribution in [3.63, 3.8) is 0 Å². The number of carboxylic acids is 1. The highest BCUT2D eigenvalue weighted by molar-refractivity contribution is 5.88. The highest BCUT2D eigenvalue weighted by atomic mass is 16.6. The van der Waals surface area contributed by atoms with E-state index >= 15 is 0 Å². The van der Waals surface area contributed by atoms with Crippen LogP contribution in [0.3, 0.4) is 0 Å². The third-order valence-corrected chi connectivity index (χ3v) is 3.41. The first kappa shape index (κ1) is 18.9. The van der Waals surface area contributed by atoms with Crippen LogP contribution in [0.2, 0.25) is 0 Å². The molecule has 0 rings (SSSR count). The summed E-state index contributed by atoms with van der Waals surface area (Å²) >= 11 is 0. The monoisotopic (exact) mass is 298 g/mol. The average molecular weight is 298 g/mol. The number of hydrogen-bond donors (Lipinski definition) is 1. The zero-order valence-electron chi connectivity index (χ0n) is 13.1. The maximum Gasteiger partial charge on any atom is 0.333 e. The Morgan fingerprint density at radius 1 is 0.952 bits per heavy atom. The van der Waals surface area contributed by atoms with Crippen LogP contribution in [0.1, 0.15) is 34.6 Å². The number of hydrogen-bond acceptors (Lipinski definition) is 5. The number of carbonyl (C=O) groups excluding carboxylic acids is 2. The molecular weight excluding hydrogens is 276 g/mol. The van der Waals surface area contributed by atoms with Gasteiger partial charge in [0.05, 0.1) is 0 Å². The van der Waals surface area contributed by atoms with Gasteiger partial charge in [0.15, 0.2) is 0 Å². The summed E-state index contributed by atoms with van der Waals surface area (Å²) in [7, 11) is 0. The molecule has 0 aliphatic rings. The van der Waals surface area contributed by atoms with Crippen LogP contribution in [0.5, 0.6) is 0 Å². The van der Waals surface area contributed by atoms with Gasteiger partial charge in [-0.05, 0) is 34.6 Å². The SMILES string of the molecule is C=C(C)C(=O)OC(C)C(C)(C(=O)O)C(C)OC(=O)C(=C)C. The third kappa shape index (κ3) is 4.44. The first-order valence-corrected chi connectivity index (χ1v) is 6.40. The van der Waals surface area contributed by atoms with Crippen LogP contribution >= 0.6 is 0 Å². The molecule has 0 aromatic carbocycles. The smallest absolute Gasteiger partial charge is 0.333 e. The van der Waals surface area contributed by atoms with Gasteiger partial charge in [-0.2, -0.15) is 0 Å². The molecule has 0 amide bonds. The Kier molecular flexibility index (Phi) is 6.35. The predicted molar refractivity (Wildman–Crippen MR) is 76.5 cm³/mol. The number of aliphatic carboxylic acids is 1. The standard InChI is InChI=1S/C15H22O6/c1-8(2)12(16)20-10(5)15(7,14(18)19)11(6)21-13(17)9(3)4/h10-11H,1,3H2,2,4-7H3,(H,18,19). The van der Waals surface area contributed by atoms with Crippen molar-refractivity contribution in [2.45, 2.75) is 46.8 Å². The van der Waals surface area contributed by atoms with E-state index in [1.165, 1.54) is 34.6 Å². The molecule has 0 spiro atoms. The van der Waals surface area contributed by atoms with E-state index in [1.807, 2.05) is 0 Å². The minimum absolute atomic E-state index is 0.154. The second-order valence-corrected chi connectivity index (χ2v) is 5.24. The van der Waals surface area contributed by atoms with E-state index in [9.17, 15) is 19.5 Å². The third-order valence-electron chi connectivity index (χ3n) is 3.41. The van der Waals surface area contributed by atoms with Crippen molar-refractivity contribution >= 4 is 17.9 Å². The Balaban J connectivity index is 5.28.